The molecule has 1 saturated heterocycles. The van der Waals surface area contributed by atoms with Gasteiger partial charge in [0.2, 0.25) is 0 Å². The number of halogens is 2. The first-order valence-electron chi connectivity index (χ1n) is 6.13. The predicted octanol–water partition coefficient (Wildman–Crippen LogP) is 3.40. The standard InChI is InChI=1S/C13H18Br2N2/c14-12-4-3-11(9-13(12)15)10-16-5-8-17-6-1-2-7-17/h3-4,9,16H,1-2,5-8,10H2. The summed E-state index contributed by atoms with van der Waals surface area (Å²) in [6.45, 7) is 5.77. The van der Waals surface area contributed by atoms with Crippen LogP contribution < -0.4 is 5.32 Å². The first kappa shape index (κ1) is 13.5. The third-order valence-corrected chi connectivity index (χ3v) is 5.00. The highest BCUT2D eigenvalue weighted by molar-refractivity contribution is 9.13. The molecule has 1 aromatic rings. The van der Waals surface area contributed by atoms with Crippen molar-refractivity contribution in [2.75, 3.05) is 26.2 Å². The second-order valence-electron chi connectivity index (χ2n) is 4.47. The van der Waals surface area contributed by atoms with E-state index in [1.54, 1.807) is 0 Å². The van der Waals surface area contributed by atoms with Crippen molar-refractivity contribution in [3.8, 4) is 0 Å². The molecule has 0 aromatic heterocycles. The van der Waals surface area contributed by atoms with Crippen LogP contribution in [-0.4, -0.2) is 31.1 Å². The van der Waals surface area contributed by atoms with Gasteiger partial charge in [-0.3, -0.25) is 0 Å². The van der Waals surface area contributed by atoms with Crippen molar-refractivity contribution >= 4 is 31.9 Å². The first-order valence-corrected chi connectivity index (χ1v) is 7.71. The van der Waals surface area contributed by atoms with E-state index in [2.05, 4.69) is 60.3 Å². The maximum Gasteiger partial charge on any atom is 0.0320 e. The summed E-state index contributed by atoms with van der Waals surface area (Å²) in [4.78, 5) is 2.53. The minimum atomic E-state index is 0.944. The summed E-state index contributed by atoms with van der Waals surface area (Å²) in [5, 5.41) is 3.50. The Morgan fingerprint density at radius 1 is 1.12 bits per heavy atom. The molecular weight excluding hydrogens is 344 g/mol. The van der Waals surface area contributed by atoms with Gasteiger partial charge in [-0.15, -0.1) is 0 Å². The van der Waals surface area contributed by atoms with Gasteiger partial charge >= 0.3 is 0 Å². The van der Waals surface area contributed by atoms with Crippen molar-refractivity contribution < 1.29 is 0 Å². The Balaban J connectivity index is 1.68. The van der Waals surface area contributed by atoms with E-state index in [4.69, 9.17) is 0 Å². The van der Waals surface area contributed by atoms with Crippen LogP contribution in [-0.2, 0) is 6.54 Å². The number of hydrogen-bond donors (Lipinski definition) is 1. The normalized spacial score (nSPS) is 16.6. The quantitative estimate of drug-likeness (QED) is 0.808. The fourth-order valence-corrected chi connectivity index (χ4v) is 2.80. The Bertz CT molecular complexity index is 362. The molecule has 2 nitrogen and oxygen atoms in total. The number of nitrogens with one attached hydrogen (secondary N) is 1. The summed E-state index contributed by atoms with van der Waals surface area (Å²) in [6.07, 6.45) is 2.75. The topological polar surface area (TPSA) is 15.3 Å². The van der Waals surface area contributed by atoms with Crippen LogP contribution in [0.5, 0.6) is 0 Å². The van der Waals surface area contributed by atoms with Crippen molar-refractivity contribution in [2.45, 2.75) is 19.4 Å². The maximum atomic E-state index is 3.53. The minimum Gasteiger partial charge on any atom is -0.311 e. The second-order valence-corrected chi connectivity index (χ2v) is 6.18. The predicted molar refractivity (Wildman–Crippen MR) is 79.2 cm³/mol. The summed E-state index contributed by atoms with van der Waals surface area (Å²) in [5.41, 5.74) is 1.32. The third kappa shape index (κ3) is 4.36. The highest BCUT2D eigenvalue weighted by Crippen LogP contribution is 2.23. The van der Waals surface area contributed by atoms with Crippen LogP contribution in [0.1, 0.15) is 18.4 Å². The van der Waals surface area contributed by atoms with Crippen LogP contribution in [0.15, 0.2) is 27.1 Å². The number of likely N-dealkylation sites (tertiary alicyclic amines) is 1. The van der Waals surface area contributed by atoms with E-state index in [9.17, 15) is 0 Å². The number of hydrogen-bond acceptors (Lipinski definition) is 2. The van der Waals surface area contributed by atoms with Crippen LogP contribution in [0.3, 0.4) is 0 Å². The molecule has 1 aliphatic heterocycles. The lowest BCUT2D eigenvalue weighted by molar-refractivity contribution is 0.335. The molecule has 1 aliphatic rings. The van der Waals surface area contributed by atoms with Crippen LogP contribution in [0, 0.1) is 0 Å². The van der Waals surface area contributed by atoms with Gasteiger partial charge in [0, 0.05) is 28.6 Å². The van der Waals surface area contributed by atoms with E-state index in [0.717, 1.165) is 22.0 Å². The van der Waals surface area contributed by atoms with Gasteiger partial charge in [0.15, 0.2) is 0 Å². The summed E-state index contributed by atoms with van der Waals surface area (Å²) in [6, 6.07) is 6.40. The molecular formula is C13H18Br2N2. The van der Waals surface area contributed by atoms with E-state index in [1.165, 1.54) is 38.0 Å². The van der Waals surface area contributed by atoms with Gasteiger partial charge in [-0.2, -0.15) is 0 Å². The van der Waals surface area contributed by atoms with Crippen molar-refractivity contribution in [3.05, 3.63) is 32.7 Å². The lowest BCUT2D eigenvalue weighted by Gasteiger charge is -2.14. The molecule has 0 amide bonds. The SMILES string of the molecule is Brc1ccc(CNCCN2CCCC2)cc1Br. The molecule has 0 radical (unpaired) electrons. The van der Waals surface area contributed by atoms with E-state index >= 15 is 0 Å². The van der Waals surface area contributed by atoms with Crippen molar-refractivity contribution in [2.24, 2.45) is 0 Å². The zero-order chi connectivity index (χ0) is 12.1. The molecule has 1 aromatic carbocycles. The molecule has 2 rings (SSSR count). The molecule has 1 heterocycles. The van der Waals surface area contributed by atoms with Gasteiger partial charge in [0.1, 0.15) is 0 Å². The highest BCUT2D eigenvalue weighted by atomic mass is 79.9. The molecule has 94 valence electrons. The van der Waals surface area contributed by atoms with Gasteiger partial charge < -0.3 is 10.2 Å². The summed E-state index contributed by atoms with van der Waals surface area (Å²) < 4.78 is 2.23. The van der Waals surface area contributed by atoms with E-state index in [1.807, 2.05) is 0 Å². The molecule has 1 fully saturated rings. The number of nitrogens with zero attached hydrogens (tertiary/aromatic N) is 1. The lowest BCUT2D eigenvalue weighted by Crippen LogP contribution is -2.29. The third-order valence-electron chi connectivity index (χ3n) is 3.12. The fraction of sp³-hybridized carbons (Fsp3) is 0.538. The average Bonchev–Trinajstić information content (AvgIpc) is 2.82. The van der Waals surface area contributed by atoms with Gasteiger partial charge in [0.25, 0.3) is 0 Å². The Kier molecular flexibility index (Phi) is 5.48. The zero-order valence-electron chi connectivity index (χ0n) is 9.88. The Labute approximate surface area is 120 Å². The van der Waals surface area contributed by atoms with Gasteiger partial charge in [-0.05, 0) is 75.5 Å². The minimum absolute atomic E-state index is 0.944. The molecule has 0 atom stereocenters. The van der Waals surface area contributed by atoms with Crippen LogP contribution in [0.4, 0.5) is 0 Å². The van der Waals surface area contributed by atoms with E-state index in [0.29, 0.717) is 0 Å². The van der Waals surface area contributed by atoms with E-state index in [-0.39, 0.29) is 0 Å². The Morgan fingerprint density at radius 2 is 1.88 bits per heavy atom. The lowest BCUT2D eigenvalue weighted by atomic mass is 10.2. The molecule has 0 bridgehead atoms. The second kappa shape index (κ2) is 6.88. The number of rotatable bonds is 5. The van der Waals surface area contributed by atoms with Gasteiger partial charge in [0.05, 0.1) is 0 Å². The molecule has 0 saturated carbocycles. The van der Waals surface area contributed by atoms with Crippen molar-refractivity contribution in [3.63, 3.8) is 0 Å². The van der Waals surface area contributed by atoms with E-state index < -0.39 is 0 Å². The highest BCUT2D eigenvalue weighted by Gasteiger charge is 2.09. The molecule has 0 spiro atoms. The molecule has 1 N–H and O–H groups in total. The van der Waals surface area contributed by atoms with Crippen LogP contribution >= 0.6 is 31.9 Å². The fourth-order valence-electron chi connectivity index (χ4n) is 2.13. The monoisotopic (exact) mass is 360 g/mol. The smallest absolute Gasteiger partial charge is 0.0320 e. The molecule has 0 unspecified atom stereocenters. The maximum absolute atomic E-state index is 3.53. The molecule has 17 heavy (non-hydrogen) atoms. The van der Waals surface area contributed by atoms with Crippen molar-refractivity contribution in [1.29, 1.82) is 0 Å². The first-order chi connectivity index (χ1) is 8.25. The summed E-state index contributed by atoms with van der Waals surface area (Å²) in [5.74, 6) is 0. The van der Waals surface area contributed by atoms with Gasteiger partial charge in [-0.1, -0.05) is 6.07 Å². The zero-order valence-corrected chi connectivity index (χ0v) is 13.1. The molecule has 4 heteroatoms. The van der Waals surface area contributed by atoms with Gasteiger partial charge in [-0.25, -0.2) is 0 Å². The Morgan fingerprint density at radius 3 is 2.59 bits per heavy atom. The molecule has 0 aliphatic carbocycles. The Hall–Kier alpha value is 0.1000. The largest absolute Gasteiger partial charge is 0.311 e. The van der Waals surface area contributed by atoms with Crippen LogP contribution in [0.2, 0.25) is 0 Å². The summed E-state index contributed by atoms with van der Waals surface area (Å²) in [7, 11) is 0. The average molecular weight is 362 g/mol. The van der Waals surface area contributed by atoms with Crippen LogP contribution in [0.25, 0.3) is 0 Å². The van der Waals surface area contributed by atoms with Crippen molar-refractivity contribution in [1.82, 2.24) is 10.2 Å². The number of benzene rings is 1. The summed E-state index contributed by atoms with van der Waals surface area (Å²) >= 11 is 7.01.